The Morgan fingerprint density at radius 3 is 2.67 bits per heavy atom. The normalized spacial score (nSPS) is 26.5. The molecule has 0 N–H and O–H groups in total. The van der Waals surface area contributed by atoms with Crippen molar-refractivity contribution in [2.24, 2.45) is 11.8 Å². The van der Waals surface area contributed by atoms with Crippen molar-refractivity contribution in [3.63, 3.8) is 0 Å². The topological polar surface area (TPSA) is 69.7 Å². The molecular weight excluding hydrogens is 344 g/mol. The number of hydrogen-bond acceptors (Lipinski definition) is 5. The Kier molecular flexibility index (Phi) is 6.64. The molecule has 1 aromatic carbocycles. The average Bonchev–Trinajstić information content (AvgIpc) is 3.16. The lowest BCUT2D eigenvalue weighted by atomic mass is 9.87. The summed E-state index contributed by atoms with van der Waals surface area (Å²) in [7, 11) is 0. The largest absolute Gasteiger partial charge is 0.462 e. The summed E-state index contributed by atoms with van der Waals surface area (Å²) in [5.74, 6) is -0.229. The Labute approximate surface area is 160 Å². The number of carbonyl (C=O) groups is 3. The fourth-order valence-electron chi connectivity index (χ4n) is 4.30. The van der Waals surface area contributed by atoms with Crippen LogP contribution in [-0.2, 0) is 19.1 Å². The molecule has 3 rings (SSSR count). The fraction of sp³-hybridized carbons (Fsp3) is 0.591. The van der Waals surface area contributed by atoms with Crippen molar-refractivity contribution in [2.45, 2.75) is 70.5 Å². The van der Waals surface area contributed by atoms with Gasteiger partial charge < -0.3 is 9.47 Å². The Balaban J connectivity index is 1.60. The predicted octanol–water partition coefficient (Wildman–Crippen LogP) is 4.09. The second-order valence-corrected chi connectivity index (χ2v) is 7.64. The summed E-state index contributed by atoms with van der Waals surface area (Å²) in [5, 5.41) is 0. The van der Waals surface area contributed by atoms with Crippen LogP contribution in [-0.4, -0.2) is 29.9 Å². The lowest BCUT2D eigenvalue weighted by Crippen LogP contribution is -2.26. The van der Waals surface area contributed by atoms with Gasteiger partial charge in [0, 0.05) is 31.1 Å². The number of fused-ring (bicyclic) bond motifs is 1. The number of rotatable bonds is 9. The van der Waals surface area contributed by atoms with Gasteiger partial charge in [-0.25, -0.2) is 4.79 Å². The van der Waals surface area contributed by atoms with E-state index in [0.717, 1.165) is 19.3 Å². The maximum absolute atomic E-state index is 12.4. The minimum Gasteiger partial charge on any atom is -0.462 e. The van der Waals surface area contributed by atoms with E-state index >= 15 is 0 Å². The van der Waals surface area contributed by atoms with E-state index in [-0.39, 0.29) is 41.8 Å². The zero-order valence-corrected chi connectivity index (χ0v) is 15.9. The molecule has 5 nitrogen and oxygen atoms in total. The van der Waals surface area contributed by atoms with Crippen molar-refractivity contribution in [1.29, 1.82) is 0 Å². The summed E-state index contributed by atoms with van der Waals surface area (Å²) in [5.41, 5.74) is 0.515. The number of Topliss-reactive ketones (excluding diaryl/α,β-unsaturated/α-hetero) is 1. The molecule has 0 amide bonds. The average molecular weight is 372 g/mol. The van der Waals surface area contributed by atoms with Crippen LogP contribution in [0, 0.1) is 11.8 Å². The van der Waals surface area contributed by atoms with Gasteiger partial charge >= 0.3 is 11.9 Å². The van der Waals surface area contributed by atoms with Crippen molar-refractivity contribution in [1.82, 2.24) is 0 Å². The van der Waals surface area contributed by atoms with Crippen molar-refractivity contribution in [3.05, 3.63) is 35.9 Å². The number of benzene rings is 1. The van der Waals surface area contributed by atoms with Crippen LogP contribution in [0.1, 0.15) is 68.6 Å². The molecule has 0 radical (unpaired) electrons. The van der Waals surface area contributed by atoms with Gasteiger partial charge in [0.2, 0.25) is 0 Å². The molecule has 27 heavy (non-hydrogen) atoms. The van der Waals surface area contributed by atoms with E-state index < -0.39 is 0 Å². The van der Waals surface area contributed by atoms with Gasteiger partial charge in [-0.1, -0.05) is 38.0 Å². The first-order valence-electron chi connectivity index (χ1n) is 10.1. The van der Waals surface area contributed by atoms with Crippen molar-refractivity contribution < 1.29 is 23.9 Å². The molecule has 0 spiro atoms. The maximum atomic E-state index is 12.4. The molecule has 146 valence electrons. The van der Waals surface area contributed by atoms with Crippen LogP contribution in [0.15, 0.2) is 30.3 Å². The van der Waals surface area contributed by atoms with Crippen LogP contribution in [0.3, 0.4) is 0 Å². The monoisotopic (exact) mass is 372 g/mol. The zero-order chi connectivity index (χ0) is 19.2. The third-order valence-corrected chi connectivity index (χ3v) is 5.74. The molecule has 5 heteroatoms. The molecule has 1 heterocycles. The molecule has 0 aromatic heterocycles. The number of ketones is 1. The molecule has 1 saturated heterocycles. The summed E-state index contributed by atoms with van der Waals surface area (Å²) >= 11 is 0. The molecule has 2 aliphatic rings. The van der Waals surface area contributed by atoms with Crippen LogP contribution in [0.25, 0.3) is 0 Å². The number of ether oxygens (including phenoxy) is 2. The highest BCUT2D eigenvalue weighted by molar-refractivity contribution is 5.89. The number of hydrogen-bond donors (Lipinski definition) is 0. The third-order valence-electron chi connectivity index (χ3n) is 5.74. The quantitative estimate of drug-likeness (QED) is 0.482. The van der Waals surface area contributed by atoms with Crippen molar-refractivity contribution in [3.8, 4) is 0 Å². The maximum Gasteiger partial charge on any atom is 0.338 e. The first kappa shape index (κ1) is 19.6. The summed E-state index contributed by atoms with van der Waals surface area (Å²) in [6, 6.07) is 8.90. The van der Waals surface area contributed by atoms with Crippen molar-refractivity contribution >= 4 is 17.7 Å². The van der Waals surface area contributed by atoms with Crippen molar-refractivity contribution in [2.75, 3.05) is 0 Å². The molecule has 4 atom stereocenters. The van der Waals surface area contributed by atoms with Gasteiger partial charge in [-0.15, -0.1) is 0 Å². The molecular formula is C22H28O5. The minimum atomic E-state index is -0.355. The SMILES string of the molecule is CCCCCC(=O)CC[C@@H]1[C@H]2CC(=O)O[C@H]2C[C@H]1OC(=O)c1ccccc1. The summed E-state index contributed by atoms with van der Waals surface area (Å²) in [6.07, 6.45) is 5.23. The smallest absolute Gasteiger partial charge is 0.338 e. The lowest BCUT2D eigenvalue weighted by Gasteiger charge is -2.23. The van der Waals surface area contributed by atoms with Gasteiger partial charge in [-0.2, -0.15) is 0 Å². The van der Waals surface area contributed by atoms with Gasteiger partial charge in [0.1, 0.15) is 18.0 Å². The van der Waals surface area contributed by atoms with E-state index in [2.05, 4.69) is 6.92 Å². The number of esters is 2. The third kappa shape index (κ3) is 4.96. The van der Waals surface area contributed by atoms with Gasteiger partial charge in [0.15, 0.2) is 0 Å². The van der Waals surface area contributed by atoms with Gasteiger partial charge in [0.05, 0.1) is 12.0 Å². The molecule has 1 aliphatic heterocycles. The molecule has 1 aromatic rings. The van der Waals surface area contributed by atoms with Gasteiger partial charge in [0.25, 0.3) is 0 Å². The number of unbranched alkanes of at least 4 members (excludes halogenated alkanes) is 2. The summed E-state index contributed by atoms with van der Waals surface area (Å²) < 4.78 is 11.2. The van der Waals surface area contributed by atoms with E-state index in [4.69, 9.17) is 9.47 Å². The standard InChI is InChI=1S/C22H28O5/c1-2-3-5-10-16(23)11-12-17-18-13-21(24)26-20(18)14-19(17)27-22(25)15-8-6-4-7-9-15/h4,6-9,17-20H,2-3,5,10-14H2,1H3/t17-,18-,19-,20+/m1/s1. The first-order valence-corrected chi connectivity index (χ1v) is 10.1. The van der Waals surface area contributed by atoms with E-state index in [9.17, 15) is 14.4 Å². The predicted molar refractivity (Wildman–Crippen MR) is 100 cm³/mol. The molecule has 1 saturated carbocycles. The molecule has 2 fully saturated rings. The van der Waals surface area contributed by atoms with E-state index in [1.54, 1.807) is 24.3 Å². The second-order valence-electron chi connectivity index (χ2n) is 7.64. The summed E-state index contributed by atoms with van der Waals surface area (Å²) in [4.78, 5) is 36.3. The van der Waals surface area contributed by atoms with E-state index in [1.807, 2.05) is 6.07 Å². The van der Waals surface area contributed by atoms with Crippen LogP contribution in [0.4, 0.5) is 0 Å². The highest BCUT2D eigenvalue weighted by Gasteiger charge is 2.51. The van der Waals surface area contributed by atoms with Gasteiger partial charge in [-0.3, -0.25) is 9.59 Å². The molecule has 0 unspecified atom stereocenters. The highest BCUT2D eigenvalue weighted by Crippen LogP contribution is 2.45. The Morgan fingerprint density at radius 1 is 1.15 bits per heavy atom. The first-order chi connectivity index (χ1) is 13.1. The number of carbonyl (C=O) groups excluding carboxylic acids is 3. The fourth-order valence-corrected chi connectivity index (χ4v) is 4.30. The van der Waals surface area contributed by atoms with Crippen LogP contribution < -0.4 is 0 Å². The molecule has 1 aliphatic carbocycles. The summed E-state index contributed by atoms with van der Waals surface area (Å²) in [6.45, 7) is 2.12. The van der Waals surface area contributed by atoms with Crippen LogP contribution >= 0.6 is 0 Å². The van der Waals surface area contributed by atoms with Gasteiger partial charge in [-0.05, 0) is 25.0 Å². The van der Waals surface area contributed by atoms with Crippen LogP contribution in [0.5, 0.6) is 0 Å². The molecule has 0 bridgehead atoms. The van der Waals surface area contributed by atoms with E-state index in [1.165, 1.54) is 0 Å². The van der Waals surface area contributed by atoms with Crippen LogP contribution in [0.2, 0.25) is 0 Å². The highest BCUT2D eigenvalue weighted by atomic mass is 16.6. The zero-order valence-electron chi connectivity index (χ0n) is 15.9. The Hall–Kier alpha value is -2.17. The Bertz CT molecular complexity index is 669. The minimum absolute atomic E-state index is 0.00392. The Morgan fingerprint density at radius 2 is 1.93 bits per heavy atom. The van der Waals surface area contributed by atoms with E-state index in [0.29, 0.717) is 37.7 Å². The second kappa shape index (κ2) is 9.16. The lowest BCUT2D eigenvalue weighted by molar-refractivity contribution is -0.141.